The van der Waals surface area contributed by atoms with Gasteiger partial charge in [-0.15, -0.1) is 11.3 Å². The fourth-order valence-electron chi connectivity index (χ4n) is 3.37. The summed E-state index contributed by atoms with van der Waals surface area (Å²) >= 11 is 3.23. The molecule has 0 amide bonds. The van der Waals surface area contributed by atoms with Crippen LogP contribution in [0, 0.1) is 20.8 Å². The number of aromatic nitrogens is 3. The van der Waals surface area contributed by atoms with Crippen LogP contribution < -0.4 is 0 Å². The maximum Gasteiger partial charge on any atom is 0.174 e. The number of fused-ring (bicyclic) bond motifs is 1. The number of Topliss-reactive ketones (excluding diaryl/α,β-unsaturated/α-hetero) is 1. The summed E-state index contributed by atoms with van der Waals surface area (Å²) in [5, 5.41) is 3.94. The van der Waals surface area contributed by atoms with Crippen LogP contribution in [0.25, 0.3) is 10.9 Å². The van der Waals surface area contributed by atoms with Crippen LogP contribution in [0.3, 0.4) is 0 Å². The Bertz CT molecular complexity index is 1150. The van der Waals surface area contributed by atoms with Gasteiger partial charge in [-0.05, 0) is 44.4 Å². The minimum Gasteiger partial charge on any atom is -0.343 e. The second-order valence-corrected chi connectivity index (χ2v) is 8.75. The van der Waals surface area contributed by atoms with Crippen LogP contribution in [-0.2, 0) is 6.54 Å². The van der Waals surface area contributed by atoms with Crippen LogP contribution in [0.4, 0.5) is 0 Å². The van der Waals surface area contributed by atoms with Crippen molar-refractivity contribution in [3.63, 3.8) is 0 Å². The Balaban J connectivity index is 1.55. The standard InChI is InChI=1S/C22H21N3OS2/c1-14-11-19(15(2)25(14)12-17-7-6-10-27-17)21(26)13-28-22-18-8-4-5-9-20(18)23-16(3)24-22/h4-11H,12-13H2,1-3H3. The molecule has 0 saturated carbocycles. The van der Waals surface area contributed by atoms with Gasteiger partial charge in [-0.3, -0.25) is 4.79 Å². The topological polar surface area (TPSA) is 47.8 Å². The maximum atomic E-state index is 13.0. The first kappa shape index (κ1) is 18.9. The normalized spacial score (nSPS) is 11.2. The van der Waals surface area contributed by atoms with Crippen molar-refractivity contribution in [3.8, 4) is 0 Å². The van der Waals surface area contributed by atoms with Crippen LogP contribution in [0.5, 0.6) is 0 Å². The molecule has 1 aromatic carbocycles. The Kier molecular flexibility index (Phi) is 5.33. The van der Waals surface area contributed by atoms with E-state index in [-0.39, 0.29) is 5.78 Å². The molecule has 0 aliphatic rings. The number of nitrogens with zero attached hydrogens (tertiary/aromatic N) is 3. The molecule has 0 atom stereocenters. The highest BCUT2D eigenvalue weighted by atomic mass is 32.2. The first-order valence-electron chi connectivity index (χ1n) is 9.11. The molecule has 142 valence electrons. The number of thioether (sulfide) groups is 1. The molecule has 0 radical (unpaired) electrons. The number of hydrogen-bond acceptors (Lipinski definition) is 5. The third kappa shape index (κ3) is 3.75. The lowest BCUT2D eigenvalue weighted by Crippen LogP contribution is -2.07. The zero-order valence-electron chi connectivity index (χ0n) is 16.1. The van der Waals surface area contributed by atoms with Crippen molar-refractivity contribution < 1.29 is 4.79 Å². The molecule has 0 aliphatic carbocycles. The molecule has 0 spiro atoms. The number of benzene rings is 1. The number of hydrogen-bond donors (Lipinski definition) is 0. The quantitative estimate of drug-likeness (QED) is 0.242. The van der Waals surface area contributed by atoms with E-state index >= 15 is 0 Å². The second kappa shape index (κ2) is 7.89. The molecule has 0 bridgehead atoms. The fraction of sp³-hybridized carbons (Fsp3) is 0.227. The summed E-state index contributed by atoms with van der Waals surface area (Å²) in [5.74, 6) is 1.22. The summed E-state index contributed by atoms with van der Waals surface area (Å²) in [7, 11) is 0. The predicted octanol–water partition coefficient (Wildman–Crippen LogP) is 5.44. The Hall–Kier alpha value is -2.44. The molecular weight excluding hydrogens is 386 g/mol. The molecule has 0 unspecified atom stereocenters. The van der Waals surface area contributed by atoms with Crippen molar-refractivity contribution in [3.05, 3.63) is 75.5 Å². The SMILES string of the molecule is Cc1nc(SCC(=O)c2cc(C)n(Cc3cccs3)c2C)c2ccccc2n1. The van der Waals surface area contributed by atoms with E-state index in [4.69, 9.17) is 0 Å². The zero-order chi connectivity index (χ0) is 19.7. The van der Waals surface area contributed by atoms with Gasteiger partial charge in [0.1, 0.15) is 10.9 Å². The van der Waals surface area contributed by atoms with Crippen LogP contribution >= 0.6 is 23.1 Å². The molecule has 6 heteroatoms. The van der Waals surface area contributed by atoms with E-state index in [2.05, 4.69) is 39.0 Å². The van der Waals surface area contributed by atoms with Crippen molar-refractivity contribution in [2.24, 2.45) is 0 Å². The highest BCUT2D eigenvalue weighted by Crippen LogP contribution is 2.27. The van der Waals surface area contributed by atoms with Crippen LogP contribution in [0.15, 0.2) is 52.9 Å². The lowest BCUT2D eigenvalue weighted by molar-refractivity contribution is 0.102. The Labute approximate surface area is 172 Å². The van der Waals surface area contributed by atoms with E-state index in [0.29, 0.717) is 5.75 Å². The number of carbonyl (C=O) groups excluding carboxylic acids is 1. The second-order valence-electron chi connectivity index (χ2n) is 6.76. The largest absolute Gasteiger partial charge is 0.343 e. The van der Waals surface area contributed by atoms with Crippen LogP contribution in [0.2, 0.25) is 0 Å². The van der Waals surface area contributed by atoms with Gasteiger partial charge in [0.05, 0.1) is 17.8 Å². The van der Waals surface area contributed by atoms with Gasteiger partial charge >= 0.3 is 0 Å². The maximum absolute atomic E-state index is 13.0. The molecular formula is C22H21N3OS2. The van der Waals surface area contributed by atoms with Gasteiger partial charge < -0.3 is 4.57 Å². The molecule has 3 heterocycles. The van der Waals surface area contributed by atoms with Crippen LogP contribution in [0.1, 0.15) is 32.4 Å². The number of para-hydroxylation sites is 1. The number of thiophene rings is 1. The summed E-state index contributed by atoms with van der Waals surface area (Å²) < 4.78 is 2.22. The van der Waals surface area contributed by atoms with E-state index in [1.807, 2.05) is 44.2 Å². The minimum atomic E-state index is 0.135. The molecule has 0 fully saturated rings. The summed E-state index contributed by atoms with van der Waals surface area (Å²) in [4.78, 5) is 23.3. The zero-order valence-corrected chi connectivity index (χ0v) is 17.7. The highest BCUT2D eigenvalue weighted by Gasteiger charge is 2.17. The van der Waals surface area contributed by atoms with E-state index in [1.165, 1.54) is 16.6 Å². The molecule has 0 aliphatic heterocycles. The summed E-state index contributed by atoms with van der Waals surface area (Å²) in [5.41, 5.74) is 3.86. The van der Waals surface area contributed by atoms with Gasteiger partial charge in [-0.1, -0.05) is 36.0 Å². The molecule has 28 heavy (non-hydrogen) atoms. The molecule has 0 N–H and O–H groups in total. The summed E-state index contributed by atoms with van der Waals surface area (Å²) in [6.07, 6.45) is 0. The number of rotatable bonds is 6. The number of ketones is 1. The van der Waals surface area contributed by atoms with Gasteiger partial charge in [-0.2, -0.15) is 0 Å². The fourth-order valence-corrected chi connectivity index (χ4v) is 5.01. The highest BCUT2D eigenvalue weighted by molar-refractivity contribution is 8.00. The van der Waals surface area contributed by atoms with Crippen molar-refractivity contribution >= 4 is 39.8 Å². The average Bonchev–Trinajstić information content (AvgIpc) is 3.29. The predicted molar refractivity (Wildman–Crippen MR) is 117 cm³/mol. The number of aryl methyl sites for hydroxylation is 2. The first-order chi connectivity index (χ1) is 13.5. The summed E-state index contributed by atoms with van der Waals surface area (Å²) in [6, 6.07) is 14.1. The van der Waals surface area contributed by atoms with Gasteiger partial charge in [-0.25, -0.2) is 9.97 Å². The van der Waals surface area contributed by atoms with Crippen molar-refractivity contribution in [2.45, 2.75) is 32.3 Å². The van der Waals surface area contributed by atoms with Crippen molar-refractivity contribution in [2.75, 3.05) is 5.75 Å². The first-order valence-corrected chi connectivity index (χ1v) is 11.0. The van der Waals surface area contributed by atoms with Crippen LogP contribution in [-0.4, -0.2) is 26.1 Å². The number of carbonyl (C=O) groups is 1. The Morgan fingerprint density at radius 2 is 1.93 bits per heavy atom. The smallest absolute Gasteiger partial charge is 0.174 e. The van der Waals surface area contributed by atoms with Gasteiger partial charge in [0.15, 0.2) is 5.78 Å². The lowest BCUT2D eigenvalue weighted by Gasteiger charge is -2.09. The van der Waals surface area contributed by atoms with E-state index in [0.717, 1.165) is 45.2 Å². The van der Waals surface area contributed by atoms with Crippen molar-refractivity contribution in [1.29, 1.82) is 0 Å². The molecule has 4 rings (SSSR count). The van der Waals surface area contributed by atoms with E-state index < -0.39 is 0 Å². The lowest BCUT2D eigenvalue weighted by atomic mass is 10.2. The molecule has 4 aromatic rings. The van der Waals surface area contributed by atoms with E-state index in [1.54, 1.807) is 11.3 Å². The Morgan fingerprint density at radius 1 is 1.11 bits per heavy atom. The van der Waals surface area contributed by atoms with Crippen molar-refractivity contribution in [1.82, 2.24) is 14.5 Å². The molecule has 4 nitrogen and oxygen atoms in total. The monoisotopic (exact) mass is 407 g/mol. The average molecular weight is 408 g/mol. The van der Waals surface area contributed by atoms with Gasteiger partial charge in [0.25, 0.3) is 0 Å². The van der Waals surface area contributed by atoms with E-state index in [9.17, 15) is 4.79 Å². The Morgan fingerprint density at radius 3 is 2.71 bits per heavy atom. The third-order valence-electron chi connectivity index (χ3n) is 4.79. The molecule has 0 saturated heterocycles. The van der Waals surface area contributed by atoms with Gasteiger partial charge in [0, 0.05) is 27.2 Å². The van der Waals surface area contributed by atoms with Gasteiger partial charge in [0.2, 0.25) is 0 Å². The molecule has 3 aromatic heterocycles. The minimum absolute atomic E-state index is 0.135. The third-order valence-corrected chi connectivity index (χ3v) is 6.64. The summed E-state index contributed by atoms with van der Waals surface area (Å²) in [6.45, 7) is 6.79.